The summed E-state index contributed by atoms with van der Waals surface area (Å²) in [5, 5.41) is 0. The highest BCUT2D eigenvalue weighted by Gasteiger charge is 2.04. The zero-order valence-corrected chi connectivity index (χ0v) is 10.5. The molecule has 0 fully saturated rings. The lowest BCUT2D eigenvalue weighted by molar-refractivity contribution is 0.568. The highest BCUT2D eigenvalue weighted by molar-refractivity contribution is 5.61. The van der Waals surface area contributed by atoms with Crippen LogP contribution in [0.1, 0.15) is 5.56 Å². The molecule has 0 saturated heterocycles. The van der Waals surface area contributed by atoms with Crippen molar-refractivity contribution < 1.29 is 4.42 Å². The molecule has 2 heterocycles. The van der Waals surface area contributed by atoms with Crippen LogP contribution < -0.4 is 5.56 Å². The first kappa shape index (κ1) is 11.5. The topological polar surface area (TPSA) is 35.1 Å². The highest BCUT2D eigenvalue weighted by Crippen LogP contribution is 2.19. The van der Waals surface area contributed by atoms with Crippen molar-refractivity contribution in [1.82, 2.24) is 4.57 Å². The molecule has 1 aromatic carbocycles. The molecule has 94 valence electrons. The molecule has 3 aromatic rings. The van der Waals surface area contributed by atoms with Crippen molar-refractivity contribution >= 4 is 0 Å². The summed E-state index contributed by atoms with van der Waals surface area (Å²) < 4.78 is 6.72. The summed E-state index contributed by atoms with van der Waals surface area (Å²) in [5.41, 5.74) is 3.86. The van der Waals surface area contributed by atoms with Crippen LogP contribution in [-0.2, 0) is 0 Å². The normalized spacial score (nSPS) is 10.6. The maximum atomic E-state index is 12.0. The van der Waals surface area contributed by atoms with E-state index < -0.39 is 0 Å². The van der Waals surface area contributed by atoms with Crippen LogP contribution in [0.3, 0.4) is 0 Å². The zero-order chi connectivity index (χ0) is 13.2. The summed E-state index contributed by atoms with van der Waals surface area (Å²) >= 11 is 0. The third kappa shape index (κ3) is 2.22. The van der Waals surface area contributed by atoms with Crippen LogP contribution in [0, 0.1) is 6.92 Å². The standard InChI is InChI=1S/C16H13NO2/c1-12-3-2-4-15(9-12)17-10-13(5-6-16(17)18)14-7-8-19-11-14/h2-11H,1H3. The van der Waals surface area contributed by atoms with Gasteiger partial charge in [0.2, 0.25) is 0 Å². The first-order valence-corrected chi connectivity index (χ1v) is 6.06. The Morgan fingerprint density at radius 3 is 2.68 bits per heavy atom. The van der Waals surface area contributed by atoms with Crippen LogP contribution in [0.15, 0.2) is 70.4 Å². The molecule has 0 saturated carbocycles. The average Bonchev–Trinajstić information content (AvgIpc) is 2.93. The average molecular weight is 251 g/mol. The molecule has 2 aromatic heterocycles. The molecule has 3 rings (SSSR count). The van der Waals surface area contributed by atoms with E-state index in [-0.39, 0.29) is 5.56 Å². The van der Waals surface area contributed by atoms with Gasteiger partial charge in [-0.2, -0.15) is 0 Å². The Morgan fingerprint density at radius 2 is 1.95 bits per heavy atom. The molecule has 0 bridgehead atoms. The highest BCUT2D eigenvalue weighted by atomic mass is 16.3. The predicted molar refractivity (Wildman–Crippen MR) is 74.5 cm³/mol. The molecular formula is C16H13NO2. The molecule has 0 unspecified atom stereocenters. The second-order valence-electron chi connectivity index (χ2n) is 4.48. The number of benzene rings is 1. The minimum atomic E-state index is -0.0437. The van der Waals surface area contributed by atoms with Gasteiger partial charge in [0, 0.05) is 29.1 Å². The summed E-state index contributed by atoms with van der Waals surface area (Å²) in [6, 6.07) is 13.1. The molecule has 0 aliphatic rings. The van der Waals surface area contributed by atoms with Gasteiger partial charge in [-0.3, -0.25) is 9.36 Å². The van der Waals surface area contributed by atoms with Crippen molar-refractivity contribution in [2.45, 2.75) is 6.92 Å². The van der Waals surface area contributed by atoms with Crippen molar-refractivity contribution in [3.8, 4) is 16.8 Å². The van der Waals surface area contributed by atoms with Gasteiger partial charge >= 0.3 is 0 Å². The van der Waals surface area contributed by atoms with Gasteiger partial charge in [0.05, 0.1) is 12.5 Å². The second-order valence-corrected chi connectivity index (χ2v) is 4.48. The van der Waals surface area contributed by atoms with Gasteiger partial charge in [-0.25, -0.2) is 0 Å². The van der Waals surface area contributed by atoms with Gasteiger partial charge in [-0.1, -0.05) is 12.1 Å². The molecule has 19 heavy (non-hydrogen) atoms. The Kier molecular flexibility index (Phi) is 2.80. The van der Waals surface area contributed by atoms with E-state index in [0.717, 1.165) is 22.4 Å². The van der Waals surface area contributed by atoms with E-state index in [0.29, 0.717) is 0 Å². The number of furan rings is 1. The molecule has 0 spiro atoms. The van der Waals surface area contributed by atoms with Gasteiger partial charge in [0.1, 0.15) is 0 Å². The Morgan fingerprint density at radius 1 is 1.05 bits per heavy atom. The van der Waals surface area contributed by atoms with Crippen molar-refractivity contribution in [3.05, 3.63) is 77.1 Å². The van der Waals surface area contributed by atoms with Gasteiger partial charge in [-0.05, 0) is 36.8 Å². The molecule has 3 heteroatoms. The molecular weight excluding hydrogens is 238 g/mol. The van der Waals surface area contributed by atoms with Crippen molar-refractivity contribution in [2.75, 3.05) is 0 Å². The Bertz CT molecular complexity index is 754. The molecule has 0 amide bonds. The molecule has 0 aliphatic heterocycles. The fourth-order valence-corrected chi connectivity index (χ4v) is 2.07. The number of hydrogen-bond acceptors (Lipinski definition) is 2. The van der Waals surface area contributed by atoms with Crippen LogP contribution in [0.25, 0.3) is 16.8 Å². The number of rotatable bonds is 2. The zero-order valence-electron chi connectivity index (χ0n) is 10.5. The number of hydrogen-bond donors (Lipinski definition) is 0. The largest absolute Gasteiger partial charge is 0.472 e. The summed E-state index contributed by atoms with van der Waals surface area (Å²) in [4.78, 5) is 12.0. The molecule has 0 N–H and O–H groups in total. The van der Waals surface area contributed by atoms with Crippen molar-refractivity contribution in [3.63, 3.8) is 0 Å². The third-order valence-corrected chi connectivity index (χ3v) is 3.05. The molecule has 0 atom stereocenters. The fourth-order valence-electron chi connectivity index (χ4n) is 2.07. The lowest BCUT2D eigenvalue weighted by atomic mass is 10.1. The smallest absolute Gasteiger partial charge is 0.255 e. The van der Waals surface area contributed by atoms with Gasteiger partial charge in [0.15, 0.2) is 0 Å². The molecule has 3 nitrogen and oxygen atoms in total. The van der Waals surface area contributed by atoms with Crippen molar-refractivity contribution in [1.29, 1.82) is 0 Å². The Labute approximate surface area is 110 Å². The van der Waals surface area contributed by atoms with Crippen LogP contribution in [0.4, 0.5) is 0 Å². The summed E-state index contributed by atoms with van der Waals surface area (Å²) in [6.45, 7) is 2.01. The lowest BCUT2D eigenvalue weighted by Crippen LogP contribution is -2.16. The number of aromatic nitrogens is 1. The summed E-state index contributed by atoms with van der Waals surface area (Å²) in [6.07, 6.45) is 5.12. The molecule has 0 radical (unpaired) electrons. The number of nitrogens with zero attached hydrogens (tertiary/aromatic N) is 1. The maximum absolute atomic E-state index is 12.0. The van der Waals surface area contributed by atoms with Crippen LogP contribution in [0.2, 0.25) is 0 Å². The SMILES string of the molecule is Cc1cccc(-n2cc(-c3ccoc3)ccc2=O)c1. The third-order valence-electron chi connectivity index (χ3n) is 3.05. The minimum absolute atomic E-state index is 0.0437. The van der Waals surface area contributed by atoms with Crippen LogP contribution in [-0.4, -0.2) is 4.57 Å². The maximum Gasteiger partial charge on any atom is 0.255 e. The van der Waals surface area contributed by atoms with Gasteiger partial charge in [-0.15, -0.1) is 0 Å². The lowest BCUT2D eigenvalue weighted by Gasteiger charge is -2.08. The van der Waals surface area contributed by atoms with E-state index in [1.165, 1.54) is 0 Å². The summed E-state index contributed by atoms with van der Waals surface area (Å²) in [5.74, 6) is 0. The summed E-state index contributed by atoms with van der Waals surface area (Å²) in [7, 11) is 0. The number of pyridine rings is 1. The second kappa shape index (κ2) is 4.61. The van der Waals surface area contributed by atoms with E-state index in [4.69, 9.17) is 4.42 Å². The van der Waals surface area contributed by atoms with E-state index in [1.54, 1.807) is 29.2 Å². The fraction of sp³-hybridized carbons (Fsp3) is 0.0625. The molecule has 0 aliphatic carbocycles. The predicted octanol–water partition coefficient (Wildman–Crippen LogP) is 3.41. The van der Waals surface area contributed by atoms with Crippen LogP contribution >= 0.6 is 0 Å². The van der Waals surface area contributed by atoms with E-state index in [2.05, 4.69) is 0 Å². The Balaban J connectivity index is 2.16. The van der Waals surface area contributed by atoms with Crippen molar-refractivity contribution in [2.24, 2.45) is 0 Å². The van der Waals surface area contributed by atoms with Crippen LogP contribution in [0.5, 0.6) is 0 Å². The number of aryl methyl sites for hydroxylation is 1. The quantitative estimate of drug-likeness (QED) is 0.699. The van der Waals surface area contributed by atoms with E-state index in [1.807, 2.05) is 43.5 Å². The van der Waals surface area contributed by atoms with E-state index in [9.17, 15) is 4.79 Å². The van der Waals surface area contributed by atoms with Gasteiger partial charge in [0.25, 0.3) is 5.56 Å². The van der Waals surface area contributed by atoms with Gasteiger partial charge < -0.3 is 4.42 Å². The first-order chi connectivity index (χ1) is 9.24. The minimum Gasteiger partial charge on any atom is -0.472 e. The van der Waals surface area contributed by atoms with E-state index >= 15 is 0 Å². The Hall–Kier alpha value is -2.55. The first-order valence-electron chi connectivity index (χ1n) is 6.06. The monoisotopic (exact) mass is 251 g/mol.